The normalized spacial score (nSPS) is 18.2. The minimum atomic E-state index is -3.42. The maximum atomic E-state index is 13.6. The van der Waals surface area contributed by atoms with E-state index in [0.29, 0.717) is 18.8 Å². The quantitative estimate of drug-likeness (QED) is 0.791. The Bertz CT molecular complexity index is 1010. The molecule has 2 aliphatic rings. The van der Waals surface area contributed by atoms with Crippen molar-refractivity contribution < 1.29 is 17.9 Å². The molecule has 0 atom stereocenters. The number of fused-ring (bicyclic) bond motifs is 1. The lowest BCUT2D eigenvalue weighted by Gasteiger charge is -2.27. The number of amides is 1. The smallest absolute Gasteiger partial charge is 0.233 e. The third-order valence-corrected chi connectivity index (χ3v) is 6.84. The summed E-state index contributed by atoms with van der Waals surface area (Å²) in [5.74, 6) is 0.767. The third kappa shape index (κ3) is 3.13. The predicted octanol–water partition coefficient (Wildman–Crippen LogP) is 2.54. The molecule has 1 aliphatic heterocycles. The van der Waals surface area contributed by atoms with E-state index < -0.39 is 15.4 Å². The highest BCUT2D eigenvalue weighted by molar-refractivity contribution is 7.92. The average Bonchev–Trinajstić information content (AvgIpc) is 3.50. The second-order valence-electron chi connectivity index (χ2n) is 7.47. The van der Waals surface area contributed by atoms with Crippen LogP contribution in [0.5, 0.6) is 5.75 Å². The number of hydrogen-bond donors (Lipinski definition) is 0. The van der Waals surface area contributed by atoms with Crippen molar-refractivity contribution in [3.63, 3.8) is 0 Å². The molecule has 0 radical (unpaired) electrons. The van der Waals surface area contributed by atoms with Crippen LogP contribution in [0.4, 0.5) is 5.69 Å². The first-order valence-electron chi connectivity index (χ1n) is 9.35. The molecular weight excluding hydrogens is 376 g/mol. The van der Waals surface area contributed by atoms with Crippen molar-refractivity contribution in [2.45, 2.75) is 24.8 Å². The first kappa shape index (κ1) is 18.8. The monoisotopic (exact) mass is 400 g/mol. The molecule has 7 heteroatoms. The molecule has 0 bridgehead atoms. The molecule has 0 unspecified atom stereocenters. The summed E-state index contributed by atoms with van der Waals surface area (Å²) < 4.78 is 31.5. The number of nitrogens with zero attached hydrogens (tertiary/aromatic N) is 2. The fourth-order valence-electron chi connectivity index (χ4n) is 4.09. The molecule has 1 fully saturated rings. The van der Waals surface area contributed by atoms with Gasteiger partial charge in [0.25, 0.3) is 0 Å². The Balaban J connectivity index is 1.69. The van der Waals surface area contributed by atoms with Gasteiger partial charge in [-0.1, -0.05) is 36.4 Å². The zero-order valence-corrected chi connectivity index (χ0v) is 16.9. The molecule has 1 heterocycles. The van der Waals surface area contributed by atoms with Crippen molar-refractivity contribution in [3.05, 3.63) is 59.7 Å². The fourth-order valence-corrected chi connectivity index (χ4v) is 5.04. The molecule has 2 aromatic carbocycles. The second kappa shape index (κ2) is 6.81. The first-order valence-corrected chi connectivity index (χ1v) is 11.2. The van der Waals surface area contributed by atoms with Gasteiger partial charge in [0.05, 0.1) is 31.0 Å². The van der Waals surface area contributed by atoms with Gasteiger partial charge in [0.2, 0.25) is 15.9 Å². The van der Waals surface area contributed by atoms with Crippen molar-refractivity contribution in [2.24, 2.45) is 0 Å². The van der Waals surface area contributed by atoms with Crippen LogP contribution < -0.4 is 9.04 Å². The highest BCUT2D eigenvalue weighted by atomic mass is 32.2. The highest BCUT2D eigenvalue weighted by Crippen LogP contribution is 2.52. The zero-order valence-electron chi connectivity index (χ0n) is 16.1. The molecule has 0 spiro atoms. The Morgan fingerprint density at radius 1 is 1.04 bits per heavy atom. The summed E-state index contributed by atoms with van der Waals surface area (Å²) in [6.45, 7) is 1.01. The largest absolute Gasteiger partial charge is 0.496 e. The summed E-state index contributed by atoms with van der Waals surface area (Å²) >= 11 is 0. The van der Waals surface area contributed by atoms with Gasteiger partial charge in [0.15, 0.2) is 0 Å². The number of carbonyl (C=O) groups excluding carboxylic acids is 1. The molecular formula is C21H24N2O4S. The van der Waals surface area contributed by atoms with E-state index in [1.165, 1.54) is 10.6 Å². The minimum Gasteiger partial charge on any atom is -0.496 e. The lowest BCUT2D eigenvalue weighted by Crippen LogP contribution is -2.42. The van der Waals surface area contributed by atoms with Gasteiger partial charge in [0.1, 0.15) is 5.75 Å². The maximum absolute atomic E-state index is 13.6. The molecule has 1 amide bonds. The van der Waals surface area contributed by atoms with E-state index in [-0.39, 0.29) is 12.5 Å². The van der Waals surface area contributed by atoms with Gasteiger partial charge in [-0.3, -0.25) is 9.10 Å². The molecule has 148 valence electrons. The number of sulfonamides is 1. The summed E-state index contributed by atoms with van der Waals surface area (Å²) in [5.41, 5.74) is 1.85. The molecule has 1 aliphatic carbocycles. The van der Waals surface area contributed by atoms with Crippen molar-refractivity contribution in [1.29, 1.82) is 0 Å². The van der Waals surface area contributed by atoms with Crippen LogP contribution in [0.2, 0.25) is 0 Å². The van der Waals surface area contributed by atoms with E-state index in [0.717, 1.165) is 29.7 Å². The Kier molecular flexibility index (Phi) is 4.57. The van der Waals surface area contributed by atoms with Crippen molar-refractivity contribution in [3.8, 4) is 5.75 Å². The van der Waals surface area contributed by atoms with E-state index in [2.05, 4.69) is 0 Å². The molecule has 2 aromatic rings. The molecule has 0 aromatic heterocycles. The minimum absolute atomic E-state index is 0.0437. The number of rotatable bonds is 4. The summed E-state index contributed by atoms with van der Waals surface area (Å²) in [7, 11) is -1.80. The van der Waals surface area contributed by atoms with Crippen LogP contribution in [-0.2, 0) is 26.8 Å². The Morgan fingerprint density at radius 3 is 2.39 bits per heavy atom. The van der Waals surface area contributed by atoms with E-state index in [1.807, 2.05) is 42.5 Å². The number of anilines is 1. The Labute approximate surface area is 165 Å². The summed E-state index contributed by atoms with van der Waals surface area (Å²) in [6, 6.07) is 15.1. The lowest BCUT2D eigenvalue weighted by atomic mass is 9.93. The number of methoxy groups -OCH3 is 1. The third-order valence-electron chi connectivity index (χ3n) is 5.66. The van der Waals surface area contributed by atoms with Gasteiger partial charge < -0.3 is 9.64 Å². The molecule has 1 saturated carbocycles. The van der Waals surface area contributed by atoms with Gasteiger partial charge in [0, 0.05) is 18.7 Å². The van der Waals surface area contributed by atoms with Gasteiger partial charge in [-0.05, 0) is 30.5 Å². The summed E-state index contributed by atoms with van der Waals surface area (Å²) in [5, 5.41) is 0. The number of carbonyl (C=O) groups is 1. The fraction of sp³-hybridized carbons (Fsp3) is 0.381. The standard InChI is InChI=1S/C21H24N2O4S/c1-27-19-10-6-4-8-17(19)21(11-12-21)20(24)22-13-14-23(28(2,25)26)18-9-5-3-7-16(18)15-22/h3-10H,11-15H2,1-2H3. The van der Waals surface area contributed by atoms with E-state index in [9.17, 15) is 13.2 Å². The van der Waals surface area contributed by atoms with E-state index >= 15 is 0 Å². The summed E-state index contributed by atoms with van der Waals surface area (Å²) in [4.78, 5) is 15.4. The number of hydrogen-bond acceptors (Lipinski definition) is 4. The second-order valence-corrected chi connectivity index (χ2v) is 9.38. The van der Waals surface area contributed by atoms with Gasteiger partial charge in [-0.25, -0.2) is 8.42 Å². The van der Waals surface area contributed by atoms with Crippen LogP contribution in [0, 0.1) is 0 Å². The predicted molar refractivity (Wildman–Crippen MR) is 108 cm³/mol. The molecule has 4 rings (SSSR count). The van der Waals surface area contributed by atoms with Crippen molar-refractivity contribution >= 4 is 21.6 Å². The number of benzene rings is 2. The number of ether oxygens (including phenoxy) is 1. The summed E-state index contributed by atoms with van der Waals surface area (Å²) in [6.07, 6.45) is 2.76. The Hall–Kier alpha value is -2.54. The van der Waals surface area contributed by atoms with Crippen molar-refractivity contribution in [2.75, 3.05) is 30.8 Å². The lowest BCUT2D eigenvalue weighted by molar-refractivity contribution is -0.134. The number of para-hydroxylation sites is 2. The molecule has 6 nitrogen and oxygen atoms in total. The zero-order chi connectivity index (χ0) is 19.9. The van der Waals surface area contributed by atoms with Gasteiger partial charge in [-0.15, -0.1) is 0 Å². The average molecular weight is 401 g/mol. The van der Waals surface area contributed by atoms with Crippen LogP contribution in [0.3, 0.4) is 0 Å². The first-order chi connectivity index (χ1) is 13.4. The van der Waals surface area contributed by atoms with E-state index in [4.69, 9.17) is 4.74 Å². The van der Waals surface area contributed by atoms with Crippen LogP contribution in [0.15, 0.2) is 48.5 Å². The highest BCUT2D eigenvalue weighted by Gasteiger charge is 2.54. The van der Waals surface area contributed by atoms with Crippen molar-refractivity contribution in [1.82, 2.24) is 4.90 Å². The van der Waals surface area contributed by atoms with Crippen LogP contribution >= 0.6 is 0 Å². The maximum Gasteiger partial charge on any atom is 0.233 e. The van der Waals surface area contributed by atoms with Crippen LogP contribution in [0.1, 0.15) is 24.0 Å². The topological polar surface area (TPSA) is 66.9 Å². The molecule has 0 N–H and O–H groups in total. The van der Waals surface area contributed by atoms with Crippen LogP contribution in [0.25, 0.3) is 0 Å². The molecule has 0 saturated heterocycles. The van der Waals surface area contributed by atoms with Crippen LogP contribution in [-0.4, -0.2) is 45.7 Å². The Morgan fingerprint density at radius 2 is 1.71 bits per heavy atom. The van der Waals surface area contributed by atoms with Gasteiger partial charge >= 0.3 is 0 Å². The molecule has 28 heavy (non-hydrogen) atoms. The van der Waals surface area contributed by atoms with E-state index in [1.54, 1.807) is 18.1 Å². The SMILES string of the molecule is COc1ccccc1C1(C(=O)N2CCN(S(C)(=O)=O)c3ccccc3C2)CC1. The van der Waals surface area contributed by atoms with Gasteiger partial charge in [-0.2, -0.15) is 0 Å².